The van der Waals surface area contributed by atoms with Gasteiger partial charge in [-0.3, -0.25) is 14.6 Å². The summed E-state index contributed by atoms with van der Waals surface area (Å²) in [5.74, 6) is 1.32. The minimum absolute atomic E-state index is 0.180. The number of nitrogens with two attached hydrogens (primary N) is 1. The molecule has 1 aromatic rings. The maximum atomic E-state index is 12.6. The molecule has 2 heterocycles. The van der Waals surface area contributed by atoms with Gasteiger partial charge in [0.05, 0.1) is 6.04 Å². The third-order valence-corrected chi connectivity index (χ3v) is 5.07. The normalized spacial score (nSPS) is 15.2. The minimum Gasteiger partial charge on any atom is -0.399 e. The monoisotopic (exact) mass is 337 g/mol. The number of nitrogen functional groups attached to an aromatic ring is 1. The fourth-order valence-electron chi connectivity index (χ4n) is 3.74. The second kappa shape index (κ2) is 6.35. The van der Waals surface area contributed by atoms with Crippen molar-refractivity contribution in [2.24, 2.45) is 0 Å². The van der Waals surface area contributed by atoms with Gasteiger partial charge in [-0.1, -0.05) is 31.9 Å². The molecule has 130 valence electrons. The molecule has 2 aliphatic heterocycles. The molecule has 1 saturated carbocycles. The molecule has 0 radical (unpaired) electrons. The molecule has 3 aliphatic rings. The number of nitrogens with zero attached hydrogens (tertiary/aromatic N) is 3. The number of rotatable bonds is 4. The fourth-order valence-corrected chi connectivity index (χ4v) is 3.74. The lowest BCUT2D eigenvalue weighted by Gasteiger charge is -2.13. The van der Waals surface area contributed by atoms with E-state index < -0.39 is 0 Å². The van der Waals surface area contributed by atoms with Crippen LogP contribution >= 0.6 is 0 Å². The number of hydrogen-bond acceptors (Lipinski definition) is 4. The van der Waals surface area contributed by atoms with Gasteiger partial charge in [0.2, 0.25) is 0 Å². The average Bonchev–Trinajstić information content (AvgIpc) is 3.24. The van der Waals surface area contributed by atoms with Crippen molar-refractivity contribution in [1.29, 1.82) is 0 Å². The number of fused-ring (bicyclic) bond motifs is 1. The van der Waals surface area contributed by atoms with Crippen LogP contribution in [0.4, 0.5) is 5.69 Å². The first-order valence-corrected chi connectivity index (χ1v) is 9.00. The van der Waals surface area contributed by atoms with E-state index in [1.807, 2.05) is 31.2 Å². The molecule has 0 amide bonds. The van der Waals surface area contributed by atoms with Crippen LogP contribution in [0.5, 0.6) is 0 Å². The molecular weight excluding hydrogens is 314 g/mol. The Kier molecular flexibility index (Phi) is 4.03. The van der Waals surface area contributed by atoms with E-state index in [1.54, 1.807) is 0 Å². The van der Waals surface area contributed by atoms with E-state index in [-0.39, 0.29) is 5.56 Å². The van der Waals surface area contributed by atoms with Gasteiger partial charge in [-0.15, -0.1) is 0 Å². The van der Waals surface area contributed by atoms with Gasteiger partial charge in [-0.25, -0.2) is 4.98 Å². The van der Waals surface area contributed by atoms with Gasteiger partial charge >= 0.3 is 0 Å². The summed E-state index contributed by atoms with van der Waals surface area (Å²) >= 11 is 0. The van der Waals surface area contributed by atoms with Gasteiger partial charge in [0, 0.05) is 17.8 Å². The van der Waals surface area contributed by atoms with Crippen molar-refractivity contribution in [2.45, 2.75) is 51.5 Å². The summed E-state index contributed by atoms with van der Waals surface area (Å²) in [5, 5.41) is 3.42. The van der Waals surface area contributed by atoms with Crippen molar-refractivity contribution < 1.29 is 0 Å². The summed E-state index contributed by atoms with van der Waals surface area (Å²) in [7, 11) is 0. The van der Waals surface area contributed by atoms with Crippen LogP contribution in [-0.4, -0.2) is 19.7 Å². The number of benzene rings is 1. The van der Waals surface area contributed by atoms with Crippen LogP contribution in [0.3, 0.4) is 0 Å². The number of H-pyrrole nitrogens is 1. The van der Waals surface area contributed by atoms with Crippen LogP contribution < -0.4 is 11.3 Å². The van der Waals surface area contributed by atoms with E-state index in [0.717, 1.165) is 42.0 Å². The molecular formula is C19H23N5O. The van der Waals surface area contributed by atoms with Crippen molar-refractivity contribution >= 4 is 5.69 Å². The SMILES string of the molecule is CCc1[nH]n(C2CCCC2)c2nc(Cc3ccc(N)cc3)nc(=O)c1-2. The summed E-state index contributed by atoms with van der Waals surface area (Å²) < 4.78 is 2.11. The number of anilines is 1. The van der Waals surface area contributed by atoms with Crippen molar-refractivity contribution in [3.8, 4) is 11.4 Å². The lowest BCUT2D eigenvalue weighted by molar-refractivity contribution is 0.464. The van der Waals surface area contributed by atoms with Gasteiger partial charge < -0.3 is 5.73 Å². The Morgan fingerprint density at radius 1 is 1.20 bits per heavy atom. The highest BCUT2D eigenvalue weighted by Crippen LogP contribution is 2.33. The standard InChI is InChI=1S/C19H23N5O/c1-2-15-17-18(24(23-15)14-5-3-4-6-14)21-16(22-19(17)25)11-12-7-9-13(20)10-8-12/h7-10,14,23H,2-6,11,20H2,1H3. The lowest BCUT2D eigenvalue weighted by Crippen LogP contribution is -2.18. The maximum absolute atomic E-state index is 12.6. The number of aromatic nitrogens is 4. The van der Waals surface area contributed by atoms with E-state index in [4.69, 9.17) is 10.7 Å². The Balaban J connectivity index is 1.78. The molecule has 0 bridgehead atoms. The highest BCUT2D eigenvalue weighted by atomic mass is 16.1. The second-order valence-corrected chi connectivity index (χ2v) is 6.81. The Bertz CT molecular complexity index is 903. The number of aromatic amines is 1. The topological polar surface area (TPSA) is 89.6 Å². The molecule has 6 heteroatoms. The van der Waals surface area contributed by atoms with Crippen LogP contribution in [0, 0.1) is 0 Å². The van der Waals surface area contributed by atoms with E-state index >= 15 is 0 Å². The average molecular weight is 337 g/mol. The zero-order valence-corrected chi connectivity index (χ0v) is 14.5. The van der Waals surface area contributed by atoms with Crippen LogP contribution in [-0.2, 0) is 12.8 Å². The smallest absolute Gasteiger partial charge is 0.284 e. The molecule has 0 aromatic heterocycles. The predicted octanol–water partition coefficient (Wildman–Crippen LogP) is 2.92. The van der Waals surface area contributed by atoms with E-state index in [2.05, 4.69) is 14.8 Å². The van der Waals surface area contributed by atoms with Crippen molar-refractivity contribution in [1.82, 2.24) is 19.7 Å². The van der Waals surface area contributed by atoms with E-state index in [0.29, 0.717) is 23.9 Å². The molecule has 4 rings (SSSR count). The predicted molar refractivity (Wildman–Crippen MR) is 97.8 cm³/mol. The number of aryl methyl sites for hydroxylation is 1. The molecule has 1 aromatic carbocycles. The molecule has 0 saturated heterocycles. The number of hydrogen-bond donors (Lipinski definition) is 2. The first-order valence-electron chi connectivity index (χ1n) is 9.00. The molecule has 0 spiro atoms. The summed E-state index contributed by atoms with van der Waals surface area (Å²) in [6.07, 6.45) is 6.03. The molecule has 1 fully saturated rings. The van der Waals surface area contributed by atoms with Crippen LogP contribution in [0.2, 0.25) is 0 Å². The Morgan fingerprint density at radius 2 is 1.92 bits per heavy atom. The van der Waals surface area contributed by atoms with Gasteiger partial charge in [0.25, 0.3) is 5.56 Å². The highest BCUT2D eigenvalue weighted by Gasteiger charge is 2.27. The van der Waals surface area contributed by atoms with Crippen LogP contribution in [0.1, 0.15) is 55.7 Å². The maximum Gasteiger partial charge on any atom is 0.284 e. The van der Waals surface area contributed by atoms with Gasteiger partial charge in [0.1, 0.15) is 11.4 Å². The highest BCUT2D eigenvalue weighted by molar-refractivity contribution is 5.59. The fraction of sp³-hybridized carbons (Fsp3) is 0.421. The first kappa shape index (κ1) is 15.9. The summed E-state index contributed by atoms with van der Waals surface area (Å²) in [5.41, 5.74) is 8.91. The Morgan fingerprint density at radius 3 is 2.60 bits per heavy atom. The zero-order chi connectivity index (χ0) is 17.4. The molecule has 0 atom stereocenters. The molecule has 3 N–H and O–H groups in total. The summed E-state index contributed by atoms with van der Waals surface area (Å²) in [6, 6.07) is 8.02. The Hall–Kier alpha value is -2.63. The molecule has 0 unspecified atom stereocenters. The summed E-state index contributed by atoms with van der Waals surface area (Å²) in [6.45, 7) is 2.05. The van der Waals surface area contributed by atoms with Gasteiger partial charge in [-0.05, 0) is 37.0 Å². The zero-order valence-electron chi connectivity index (χ0n) is 14.5. The number of nitrogens with one attached hydrogen (secondary N) is 1. The lowest BCUT2D eigenvalue weighted by atomic mass is 10.1. The van der Waals surface area contributed by atoms with Crippen molar-refractivity contribution in [3.05, 3.63) is 51.7 Å². The Labute approximate surface area is 146 Å². The van der Waals surface area contributed by atoms with Gasteiger partial charge in [-0.2, -0.15) is 4.98 Å². The molecule has 1 aliphatic carbocycles. The van der Waals surface area contributed by atoms with Gasteiger partial charge in [0.15, 0.2) is 5.82 Å². The van der Waals surface area contributed by atoms with Crippen molar-refractivity contribution in [2.75, 3.05) is 5.73 Å². The third-order valence-electron chi connectivity index (χ3n) is 5.07. The molecule has 6 nitrogen and oxygen atoms in total. The van der Waals surface area contributed by atoms with Crippen LogP contribution in [0.15, 0.2) is 29.1 Å². The first-order chi connectivity index (χ1) is 12.2. The minimum atomic E-state index is -0.180. The van der Waals surface area contributed by atoms with E-state index in [1.165, 1.54) is 12.8 Å². The molecule has 25 heavy (non-hydrogen) atoms. The third kappa shape index (κ3) is 2.92. The second-order valence-electron chi connectivity index (χ2n) is 6.81. The van der Waals surface area contributed by atoms with Crippen molar-refractivity contribution in [3.63, 3.8) is 0 Å². The summed E-state index contributed by atoms with van der Waals surface area (Å²) in [4.78, 5) is 21.6. The largest absolute Gasteiger partial charge is 0.399 e. The van der Waals surface area contributed by atoms with Crippen LogP contribution in [0.25, 0.3) is 11.4 Å². The quantitative estimate of drug-likeness (QED) is 0.716. The van der Waals surface area contributed by atoms with E-state index in [9.17, 15) is 4.79 Å².